The minimum Gasteiger partial charge on any atom is -0.396 e. The van der Waals surface area contributed by atoms with Crippen LogP contribution >= 0.6 is 0 Å². The van der Waals surface area contributed by atoms with Crippen molar-refractivity contribution in [2.75, 3.05) is 13.2 Å². The Labute approximate surface area is 147 Å². The summed E-state index contributed by atoms with van der Waals surface area (Å²) in [5.41, 5.74) is 1.10. The Morgan fingerprint density at radius 2 is 1.28 bits per heavy atom. The molecule has 25 heavy (non-hydrogen) atoms. The number of aliphatic hydroxyl groups is 1. The van der Waals surface area contributed by atoms with E-state index in [1.165, 1.54) is 6.07 Å². The molecule has 128 valence electrons. The van der Waals surface area contributed by atoms with Gasteiger partial charge in [0.05, 0.1) is 6.61 Å². The summed E-state index contributed by atoms with van der Waals surface area (Å²) in [6.07, 6.45) is 0.482. The zero-order valence-electron chi connectivity index (χ0n) is 13.9. The maximum atomic E-state index is 14.8. The van der Waals surface area contributed by atoms with Crippen molar-refractivity contribution >= 4 is 0 Å². The molecular formula is C22H21FO2. The van der Waals surface area contributed by atoms with Gasteiger partial charge in [0.25, 0.3) is 0 Å². The van der Waals surface area contributed by atoms with E-state index in [1.54, 1.807) is 12.1 Å². The lowest BCUT2D eigenvalue weighted by Crippen LogP contribution is -2.34. The summed E-state index contributed by atoms with van der Waals surface area (Å²) >= 11 is 0. The van der Waals surface area contributed by atoms with E-state index in [0.717, 1.165) is 11.1 Å². The first-order valence-electron chi connectivity index (χ1n) is 8.40. The van der Waals surface area contributed by atoms with Gasteiger partial charge in [-0.25, -0.2) is 4.39 Å². The number of ether oxygens (including phenoxy) is 1. The highest BCUT2D eigenvalue weighted by Crippen LogP contribution is 2.41. The molecule has 1 N–H and O–H groups in total. The van der Waals surface area contributed by atoms with Gasteiger partial charge in [-0.3, -0.25) is 0 Å². The van der Waals surface area contributed by atoms with E-state index in [9.17, 15) is 9.50 Å². The van der Waals surface area contributed by atoms with Gasteiger partial charge >= 0.3 is 0 Å². The number of rotatable bonds is 7. The topological polar surface area (TPSA) is 29.5 Å². The van der Waals surface area contributed by atoms with Gasteiger partial charge in [-0.05, 0) is 23.6 Å². The molecule has 3 rings (SSSR count). The third kappa shape index (κ3) is 3.48. The molecule has 0 aromatic heterocycles. The van der Waals surface area contributed by atoms with Crippen LogP contribution in [0.2, 0.25) is 0 Å². The van der Waals surface area contributed by atoms with Crippen LogP contribution in [0.5, 0.6) is 0 Å². The first kappa shape index (κ1) is 17.3. The summed E-state index contributed by atoms with van der Waals surface area (Å²) in [6.45, 7) is 0.339. The highest BCUT2D eigenvalue weighted by Gasteiger charge is 2.39. The molecule has 0 heterocycles. The van der Waals surface area contributed by atoms with Crippen molar-refractivity contribution in [3.8, 4) is 0 Å². The number of halogens is 1. The molecule has 0 amide bonds. The van der Waals surface area contributed by atoms with Crippen LogP contribution in [0, 0.1) is 5.82 Å². The van der Waals surface area contributed by atoms with Crippen LogP contribution < -0.4 is 0 Å². The largest absolute Gasteiger partial charge is 0.396 e. The minimum absolute atomic E-state index is 0.0247. The molecule has 0 radical (unpaired) electrons. The zero-order chi connectivity index (χ0) is 17.5. The van der Waals surface area contributed by atoms with Crippen molar-refractivity contribution in [3.05, 3.63) is 107 Å². The van der Waals surface area contributed by atoms with Crippen molar-refractivity contribution in [2.24, 2.45) is 0 Å². The fourth-order valence-electron chi connectivity index (χ4n) is 3.10. The van der Waals surface area contributed by atoms with E-state index in [-0.39, 0.29) is 12.4 Å². The van der Waals surface area contributed by atoms with Crippen LogP contribution in [0.15, 0.2) is 84.9 Å². The summed E-state index contributed by atoms with van der Waals surface area (Å²) < 4.78 is 21.1. The van der Waals surface area contributed by atoms with E-state index < -0.39 is 5.60 Å². The zero-order valence-corrected chi connectivity index (χ0v) is 13.9. The second-order valence-electron chi connectivity index (χ2n) is 5.82. The predicted octanol–water partition coefficient (Wildman–Crippen LogP) is 4.52. The Bertz CT molecular complexity index is 748. The van der Waals surface area contributed by atoms with Gasteiger partial charge in [0.1, 0.15) is 11.4 Å². The Morgan fingerprint density at radius 3 is 1.80 bits per heavy atom. The standard InChI is InChI=1S/C22H21FO2/c23-21-15-8-7-14-20(21)22(25-17-9-16-24,18-10-3-1-4-11-18)19-12-5-2-6-13-19/h1-8,10-15,24H,9,16-17H2. The van der Waals surface area contributed by atoms with Crippen molar-refractivity contribution in [1.82, 2.24) is 0 Å². The Morgan fingerprint density at radius 1 is 0.760 bits per heavy atom. The Kier molecular flexibility index (Phi) is 5.59. The molecule has 0 aliphatic carbocycles. The molecule has 0 spiro atoms. The maximum Gasteiger partial charge on any atom is 0.146 e. The second kappa shape index (κ2) is 8.06. The van der Waals surface area contributed by atoms with Gasteiger partial charge in [-0.1, -0.05) is 78.9 Å². The Hall–Kier alpha value is -2.49. The fourth-order valence-corrected chi connectivity index (χ4v) is 3.10. The van der Waals surface area contributed by atoms with Gasteiger partial charge in [0.15, 0.2) is 0 Å². The van der Waals surface area contributed by atoms with Crippen LogP contribution in [-0.4, -0.2) is 18.3 Å². The highest BCUT2D eigenvalue weighted by atomic mass is 19.1. The summed E-state index contributed by atoms with van der Waals surface area (Å²) in [5, 5.41) is 9.18. The average molecular weight is 336 g/mol. The summed E-state index contributed by atoms with van der Waals surface area (Å²) in [7, 11) is 0. The predicted molar refractivity (Wildman–Crippen MR) is 96.8 cm³/mol. The van der Waals surface area contributed by atoms with Gasteiger partial charge < -0.3 is 9.84 Å². The number of aliphatic hydroxyl groups excluding tert-OH is 1. The van der Waals surface area contributed by atoms with Crippen LogP contribution in [-0.2, 0) is 10.3 Å². The van der Waals surface area contributed by atoms with Crippen molar-refractivity contribution in [1.29, 1.82) is 0 Å². The molecule has 2 nitrogen and oxygen atoms in total. The summed E-state index contributed by atoms with van der Waals surface area (Å²) in [4.78, 5) is 0. The molecule has 0 fully saturated rings. The van der Waals surface area contributed by atoms with E-state index in [2.05, 4.69) is 0 Å². The van der Waals surface area contributed by atoms with Crippen molar-refractivity contribution in [2.45, 2.75) is 12.0 Å². The monoisotopic (exact) mass is 336 g/mol. The lowest BCUT2D eigenvalue weighted by molar-refractivity contribution is 0.00371. The molecule has 0 saturated heterocycles. The fraction of sp³-hybridized carbons (Fsp3) is 0.182. The average Bonchev–Trinajstić information content (AvgIpc) is 2.68. The lowest BCUT2D eigenvalue weighted by atomic mass is 9.79. The molecule has 0 aliphatic heterocycles. The Balaban J connectivity index is 2.26. The van der Waals surface area contributed by atoms with Gasteiger partial charge in [-0.15, -0.1) is 0 Å². The number of benzene rings is 3. The summed E-state index contributed by atoms with van der Waals surface area (Å²) in [5.74, 6) is -0.320. The third-order valence-corrected chi connectivity index (χ3v) is 4.23. The molecule has 0 unspecified atom stereocenters. The van der Waals surface area contributed by atoms with E-state index in [0.29, 0.717) is 18.6 Å². The van der Waals surface area contributed by atoms with E-state index in [1.807, 2.05) is 66.7 Å². The first-order chi connectivity index (χ1) is 12.3. The second-order valence-corrected chi connectivity index (χ2v) is 5.82. The third-order valence-electron chi connectivity index (χ3n) is 4.23. The molecule has 3 aromatic carbocycles. The molecule has 3 aromatic rings. The smallest absolute Gasteiger partial charge is 0.146 e. The number of hydrogen-bond acceptors (Lipinski definition) is 2. The van der Waals surface area contributed by atoms with Gasteiger partial charge in [-0.2, -0.15) is 0 Å². The molecule has 0 saturated carbocycles. The van der Waals surface area contributed by atoms with Crippen molar-refractivity contribution < 1.29 is 14.2 Å². The van der Waals surface area contributed by atoms with Crippen LogP contribution in [0.1, 0.15) is 23.1 Å². The van der Waals surface area contributed by atoms with Crippen LogP contribution in [0.25, 0.3) is 0 Å². The molecular weight excluding hydrogens is 315 g/mol. The minimum atomic E-state index is -1.07. The SMILES string of the molecule is OCCCOC(c1ccccc1)(c1ccccc1)c1ccccc1F. The van der Waals surface area contributed by atoms with Crippen LogP contribution in [0.4, 0.5) is 4.39 Å². The summed E-state index contributed by atoms with van der Waals surface area (Å²) in [6, 6.07) is 26.0. The normalized spacial score (nSPS) is 11.4. The van der Waals surface area contributed by atoms with Gasteiger partial charge in [0.2, 0.25) is 0 Å². The quantitative estimate of drug-likeness (QED) is 0.508. The van der Waals surface area contributed by atoms with E-state index >= 15 is 0 Å². The van der Waals surface area contributed by atoms with Gasteiger partial charge in [0, 0.05) is 12.2 Å². The maximum absolute atomic E-state index is 14.8. The van der Waals surface area contributed by atoms with E-state index in [4.69, 9.17) is 4.74 Å². The number of hydrogen-bond donors (Lipinski definition) is 1. The molecule has 0 bridgehead atoms. The first-order valence-corrected chi connectivity index (χ1v) is 8.40. The lowest BCUT2D eigenvalue weighted by Gasteiger charge is -2.36. The molecule has 0 aliphatic rings. The molecule has 0 atom stereocenters. The molecule has 3 heteroatoms. The van der Waals surface area contributed by atoms with Crippen molar-refractivity contribution in [3.63, 3.8) is 0 Å². The van der Waals surface area contributed by atoms with Crippen LogP contribution in [0.3, 0.4) is 0 Å². The highest BCUT2D eigenvalue weighted by molar-refractivity contribution is 5.47.